The van der Waals surface area contributed by atoms with Gasteiger partial charge in [-0.15, -0.1) is 10.2 Å². The summed E-state index contributed by atoms with van der Waals surface area (Å²) in [6.07, 6.45) is -9.92. The first-order valence-corrected chi connectivity index (χ1v) is 23.3. The van der Waals surface area contributed by atoms with E-state index in [2.05, 4.69) is 66.0 Å². The molecule has 22 heteroatoms. The van der Waals surface area contributed by atoms with Gasteiger partial charge in [-0.05, 0) is 84.0 Å². The summed E-state index contributed by atoms with van der Waals surface area (Å²) in [7, 11) is 0. The van der Waals surface area contributed by atoms with Crippen molar-refractivity contribution in [3.05, 3.63) is 131 Å². The van der Waals surface area contributed by atoms with Crippen molar-refractivity contribution in [3.63, 3.8) is 0 Å². The van der Waals surface area contributed by atoms with Gasteiger partial charge < -0.3 is 19.5 Å². The van der Waals surface area contributed by atoms with E-state index < -0.39 is 54.0 Å². The molecule has 0 atom stereocenters. The van der Waals surface area contributed by atoms with Gasteiger partial charge in [0.15, 0.2) is 5.78 Å². The van der Waals surface area contributed by atoms with Crippen LogP contribution in [0.15, 0.2) is 101 Å². The van der Waals surface area contributed by atoms with Crippen molar-refractivity contribution in [1.82, 2.24) is 35.1 Å². The highest BCUT2D eigenvalue weighted by Crippen LogP contribution is 2.32. The summed E-state index contributed by atoms with van der Waals surface area (Å²) in [6.45, 7) is 16.6. The van der Waals surface area contributed by atoms with Crippen LogP contribution in [0, 0.1) is 11.6 Å². The highest BCUT2D eigenvalue weighted by molar-refractivity contribution is 6.00. The predicted octanol–water partition coefficient (Wildman–Crippen LogP) is 9.67. The number of hydrogen-bond donors (Lipinski definition) is 1. The van der Waals surface area contributed by atoms with Gasteiger partial charge in [0.05, 0.1) is 19.6 Å². The van der Waals surface area contributed by atoms with Gasteiger partial charge in [-0.25, -0.2) is 18.4 Å². The molecule has 2 fully saturated rings. The maximum Gasteiger partial charge on any atom is 0.471 e. The number of amides is 5. The summed E-state index contributed by atoms with van der Waals surface area (Å²) in [4.78, 5) is 61.1. The first-order chi connectivity index (χ1) is 34.2. The number of benzene rings is 4. The minimum atomic E-state index is -5.12. The number of ketones is 1. The quantitative estimate of drug-likeness (QED) is 0.107. The summed E-state index contributed by atoms with van der Waals surface area (Å²) < 4.78 is 110. The molecule has 5 aromatic rings. The third-order valence-corrected chi connectivity index (χ3v) is 12.3. The van der Waals surface area contributed by atoms with Crippen molar-refractivity contribution in [2.45, 2.75) is 78.1 Å². The van der Waals surface area contributed by atoms with Gasteiger partial charge in [-0.1, -0.05) is 54.6 Å². The van der Waals surface area contributed by atoms with E-state index in [1.807, 2.05) is 6.07 Å². The average molecular weight is 1030 g/mol. The number of anilines is 2. The molecule has 14 nitrogen and oxygen atoms in total. The van der Waals surface area contributed by atoms with Gasteiger partial charge in [0.25, 0.3) is 0 Å². The van der Waals surface area contributed by atoms with Crippen LogP contribution in [0.4, 0.5) is 56.1 Å². The zero-order valence-electron chi connectivity index (χ0n) is 41.2. The summed E-state index contributed by atoms with van der Waals surface area (Å²) in [5.41, 5.74) is 1.29. The molecule has 0 unspecified atom stereocenters. The smallest absolute Gasteiger partial charge is 0.413 e. The second-order valence-electron chi connectivity index (χ2n) is 19.3. The number of rotatable bonds is 10. The topological polar surface area (TPSA) is 139 Å². The third kappa shape index (κ3) is 14.6. The van der Waals surface area contributed by atoms with E-state index >= 15 is 4.39 Å². The lowest BCUT2D eigenvalue weighted by Gasteiger charge is -2.43. The first-order valence-electron chi connectivity index (χ1n) is 23.3. The van der Waals surface area contributed by atoms with Crippen LogP contribution in [0.1, 0.15) is 68.9 Å². The number of nitrogens with one attached hydrogen (secondary N) is 1. The van der Waals surface area contributed by atoms with Crippen LogP contribution in [0.3, 0.4) is 0 Å². The zero-order chi connectivity index (χ0) is 53.5. The number of halogens is 8. The molecule has 73 heavy (non-hydrogen) atoms. The molecule has 0 spiro atoms. The van der Waals surface area contributed by atoms with Gasteiger partial charge in [0, 0.05) is 97.1 Å². The van der Waals surface area contributed by atoms with Crippen molar-refractivity contribution < 1.29 is 58.7 Å². The van der Waals surface area contributed by atoms with Crippen LogP contribution in [-0.2, 0) is 24.1 Å². The normalized spacial score (nSPS) is 15.0. The van der Waals surface area contributed by atoms with E-state index in [1.54, 1.807) is 64.4 Å². The Morgan fingerprint density at radius 2 is 1.03 bits per heavy atom. The Morgan fingerprint density at radius 3 is 1.41 bits per heavy atom. The van der Waals surface area contributed by atoms with Crippen LogP contribution < -0.4 is 15.1 Å². The van der Waals surface area contributed by atoms with Crippen molar-refractivity contribution in [1.29, 1.82) is 0 Å². The monoisotopic (exact) mass is 1030 g/mol. The third-order valence-electron chi connectivity index (χ3n) is 12.3. The summed E-state index contributed by atoms with van der Waals surface area (Å²) in [5.74, 6) is -6.58. The molecule has 1 aromatic heterocycles. The van der Waals surface area contributed by atoms with Gasteiger partial charge in [0.1, 0.15) is 11.6 Å². The minimum absolute atomic E-state index is 0.00162. The summed E-state index contributed by atoms with van der Waals surface area (Å²) >= 11 is 0. The fourth-order valence-electron chi connectivity index (χ4n) is 8.05. The molecule has 2 aliphatic rings. The molecule has 0 radical (unpaired) electrons. The van der Waals surface area contributed by atoms with Crippen LogP contribution in [0.2, 0.25) is 0 Å². The van der Waals surface area contributed by atoms with E-state index in [1.165, 1.54) is 39.4 Å². The van der Waals surface area contributed by atoms with Gasteiger partial charge in [-0.2, -0.15) is 26.3 Å². The first kappa shape index (κ1) is 55.4. The van der Waals surface area contributed by atoms with Gasteiger partial charge >= 0.3 is 36.2 Å². The van der Waals surface area contributed by atoms with Crippen LogP contribution in [0.5, 0.6) is 0 Å². The number of urea groups is 2. The predicted molar refractivity (Wildman–Crippen MR) is 256 cm³/mol. The van der Waals surface area contributed by atoms with Crippen molar-refractivity contribution >= 4 is 35.1 Å². The summed E-state index contributed by atoms with van der Waals surface area (Å²) in [5, 5.41) is 7.81. The second kappa shape index (κ2) is 22.9. The molecule has 2 saturated heterocycles. The Balaban J connectivity index is 0.000000238. The molecular formula is C51H57F8N9O5. The Bertz CT molecular complexity index is 2690. The number of hydrogen-bond acceptors (Lipinski definition) is 9. The maximum absolute atomic E-state index is 15.1. The van der Waals surface area contributed by atoms with E-state index in [0.717, 1.165) is 25.2 Å². The van der Waals surface area contributed by atoms with E-state index in [-0.39, 0.29) is 58.5 Å². The molecule has 0 bridgehead atoms. The molecule has 3 heterocycles. The number of carbonyl (C=O) groups is 4. The molecule has 2 aliphatic heterocycles. The number of para-hydroxylation sites is 2. The Labute approximate surface area is 417 Å². The van der Waals surface area contributed by atoms with E-state index in [4.69, 9.17) is 0 Å². The summed E-state index contributed by atoms with van der Waals surface area (Å²) in [6, 6.07) is 24.5. The fourth-order valence-corrected chi connectivity index (χ4v) is 8.05. The van der Waals surface area contributed by atoms with Crippen LogP contribution >= 0.6 is 0 Å². The number of aromatic nitrogens is 2. The average Bonchev–Trinajstić information content (AvgIpc) is 3.86. The van der Waals surface area contributed by atoms with E-state index in [0.29, 0.717) is 50.6 Å². The molecule has 0 saturated carbocycles. The molecule has 4 aromatic carbocycles. The number of alkyl halides is 6. The number of carbonyl (C=O) groups excluding carboxylic acids is 4. The Kier molecular flexibility index (Phi) is 17.3. The highest BCUT2D eigenvalue weighted by atomic mass is 19.4. The lowest BCUT2D eigenvalue weighted by Crippen LogP contribution is -2.57. The maximum atomic E-state index is 15.1. The van der Waals surface area contributed by atoms with Crippen LogP contribution in [0.25, 0.3) is 11.5 Å². The molecule has 1 N–H and O–H groups in total. The zero-order valence-corrected chi connectivity index (χ0v) is 41.2. The largest absolute Gasteiger partial charge is 0.471 e. The molecule has 5 amide bonds. The lowest BCUT2D eigenvalue weighted by atomic mass is 10.0. The van der Waals surface area contributed by atoms with E-state index in [9.17, 15) is 49.9 Å². The van der Waals surface area contributed by atoms with Crippen molar-refractivity contribution in [2.75, 3.05) is 68.7 Å². The number of Topliss-reactive ketones (excluding diaryl/α,β-unsaturated/α-hetero) is 1. The second-order valence-corrected chi connectivity index (χ2v) is 19.3. The van der Waals surface area contributed by atoms with Crippen molar-refractivity contribution in [3.8, 4) is 11.5 Å². The molecule has 7 rings (SSSR count). The minimum Gasteiger partial charge on any atom is -0.413 e. The van der Waals surface area contributed by atoms with Gasteiger partial charge in [0.2, 0.25) is 5.89 Å². The fraction of sp³-hybridized carbons (Fsp3) is 0.412. The van der Waals surface area contributed by atoms with Crippen LogP contribution in [-0.4, -0.2) is 130 Å². The SMILES string of the molecule is CC(C)(C)N1CCN(C(=O)N(Cc2ccc(-c3nnc(C(F)(F)F)o3)cc2F)c2ccccc2)CC1.CC(C)(C)N1CCN(C(=O)N(Cc2ccc(C(=O)CNC(=O)C(F)(F)F)cc2F)c2ccccc2)CC1. The number of piperazine rings is 2. The molecule has 392 valence electrons. The lowest BCUT2D eigenvalue weighted by molar-refractivity contribution is -0.173. The highest BCUT2D eigenvalue weighted by Gasteiger charge is 2.40. The standard InChI is InChI=1S/C26H30F4N4O3.C25H27F4N5O2/c1-25(2,3)33-13-11-32(12-14-33)24(37)34(20-7-5-4-6-8-20)17-19-10-9-18(15-21(19)27)22(35)16-31-23(36)26(28,29)30;1-24(2,3)33-13-11-32(12-14-33)23(35)34(19-7-5-4-6-8-19)16-18-10-9-17(15-20(18)26)21-30-31-22(36-21)25(27,28)29/h4-10,15H,11-14,16-17H2,1-3H3,(H,31,36);4-10,15H,11-14,16H2,1-3H3. The Morgan fingerprint density at radius 1 is 0.589 bits per heavy atom. The van der Waals surface area contributed by atoms with Gasteiger partial charge in [-0.3, -0.25) is 29.2 Å². The molecular weight excluding hydrogens is 971 g/mol. The molecule has 0 aliphatic carbocycles. The Hall–Kier alpha value is -6.94. The number of nitrogens with zero attached hydrogens (tertiary/aromatic N) is 8. The van der Waals surface area contributed by atoms with Crippen molar-refractivity contribution in [2.24, 2.45) is 0 Å².